The molecule has 0 aromatic carbocycles. The van der Waals surface area contributed by atoms with Gasteiger partial charge >= 0.3 is 9.15 Å². The van der Waals surface area contributed by atoms with Crippen LogP contribution in [0, 0.1) is 40.9 Å². The Morgan fingerprint density at radius 2 is 1.71 bits per heavy atom. The van der Waals surface area contributed by atoms with Gasteiger partial charge in [-0.2, -0.15) is 8.42 Å². The monoisotopic (exact) mass is 430 g/mol. The fourth-order valence-electron chi connectivity index (χ4n) is 7.84. The molecule has 4 aliphatic carbocycles. The molecule has 0 aromatic rings. The molecule has 5 nitrogen and oxygen atoms in total. The summed E-state index contributed by atoms with van der Waals surface area (Å²) in [6, 6.07) is 0. The maximum absolute atomic E-state index is 12.8. The number of ketones is 1. The van der Waals surface area contributed by atoms with Gasteiger partial charge in [-0.05, 0) is 99.7 Å². The molecule has 0 heterocycles. The Balaban J connectivity index is 1.47. The number of hydrogen-bond acceptors (Lipinski definition) is 5. The van der Waals surface area contributed by atoms with Crippen molar-refractivity contribution in [3.63, 3.8) is 0 Å². The molecule has 0 aliphatic heterocycles. The highest BCUT2D eigenvalue weighted by molar-refractivity contribution is 8.70. The highest BCUT2D eigenvalue weighted by Gasteiger charge is 2.58. The second-order valence-corrected chi connectivity index (χ2v) is 13.9. The fourth-order valence-corrected chi connectivity index (χ4v) is 9.11. The van der Waals surface area contributed by atoms with Gasteiger partial charge in [0.25, 0.3) is 0 Å². The van der Waals surface area contributed by atoms with Crippen LogP contribution in [0.5, 0.6) is 0 Å². The summed E-state index contributed by atoms with van der Waals surface area (Å²) in [4.78, 5) is 12.8. The zero-order valence-electron chi connectivity index (χ0n) is 17.0. The van der Waals surface area contributed by atoms with Crippen LogP contribution in [0.25, 0.3) is 0 Å². The van der Waals surface area contributed by atoms with Crippen LogP contribution >= 0.6 is 10.8 Å². The van der Waals surface area contributed by atoms with Gasteiger partial charge in [0, 0.05) is 16.7 Å². The molecule has 160 valence electrons. The molecule has 0 bridgehead atoms. The van der Waals surface area contributed by atoms with Crippen molar-refractivity contribution in [2.24, 2.45) is 40.9 Å². The number of Topliss-reactive ketones (excluding diaryl/α,β-unsaturated/α-hetero) is 1. The second-order valence-electron chi connectivity index (χ2n) is 10.5. The van der Waals surface area contributed by atoms with Crippen LogP contribution in [0.4, 0.5) is 0 Å². The Morgan fingerprint density at radius 3 is 2.43 bits per heavy atom. The minimum Gasteiger partial charge on any atom is -0.390 e. The predicted octanol–water partition coefficient (Wildman–Crippen LogP) is 4.11. The van der Waals surface area contributed by atoms with Crippen LogP contribution < -0.4 is 0 Å². The summed E-state index contributed by atoms with van der Waals surface area (Å²) in [6.45, 7) is 4.25. The molecular formula is C21H34O5S2. The van der Waals surface area contributed by atoms with Crippen molar-refractivity contribution in [3.05, 3.63) is 0 Å². The van der Waals surface area contributed by atoms with E-state index in [0.717, 1.165) is 56.8 Å². The quantitative estimate of drug-likeness (QED) is 0.515. The highest BCUT2D eigenvalue weighted by Crippen LogP contribution is 2.64. The minimum atomic E-state index is -4.16. The Morgan fingerprint density at radius 1 is 1.00 bits per heavy atom. The first-order valence-electron chi connectivity index (χ1n) is 10.9. The molecule has 8 atom stereocenters. The van der Waals surface area contributed by atoms with E-state index in [4.69, 9.17) is 4.55 Å². The first-order chi connectivity index (χ1) is 13.0. The van der Waals surface area contributed by atoms with E-state index in [1.54, 1.807) is 0 Å². The number of hydrogen-bond donors (Lipinski definition) is 2. The van der Waals surface area contributed by atoms with Gasteiger partial charge in [0.2, 0.25) is 0 Å². The van der Waals surface area contributed by atoms with Crippen LogP contribution in [-0.2, 0) is 13.9 Å². The lowest BCUT2D eigenvalue weighted by atomic mass is 9.49. The van der Waals surface area contributed by atoms with Gasteiger partial charge in [-0.25, -0.2) is 0 Å². The standard InChI is InChI=1S/C21H34O5S2/c1-20(23)9-7-14-13(11-20)3-4-16-15(14)8-10-21(2)17(16)5-6-18(21)19(22)12-27-28(24,25)26/h13-18,23H,3-12H2,1-2H3,(H,24,25,26)/t13?,14?,15?,16?,17?,18?,20-,21?/m0/s1. The van der Waals surface area contributed by atoms with E-state index in [1.807, 2.05) is 6.92 Å². The van der Waals surface area contributed by atoms with Gasteiger partial charge in [-0.3, -0.25) is 9.35 Å². The molecule has 0 spiro atoms. The van der Waals surface area contributed by atoms with Crippen LogP contribution in [0.3, 0.4) is 0 Å². The van der Waals surface area contributed by atoms with Gasteiger partial charge in [-0.1, -0.05) is 6.92 Å². The summed E-state index contributed by atoms with van der Waals surface area (Å²) < 4.78 is 31.0. The zero-order valence-corrected chi connectivity index (χ0v) is 18.6. The lowest BCUT2D eigenvalue weighted by molar-refractivity contribution is -0.129. The summed E-state index contributed by atoms with van der Waals surface area (Å²) in [5.41, 5.74) is -0.516. The third-order valence-corrected chi connectivity index (χ3v) is 10.9. The van der Waals surface area contributed by atoms with Gasteiger partial charge in [0.1, 0.15) is 5.78 Å². The molecule has 7 unspecified atom stereocenters. The average Bonchev–Trinajstić information content (AvgIpc) is 2.95. The number of carbonyl (C=O) groups excluding carboxylic acids is 1. The van der Waals surface area contributed by atoms with Gasteiger partial charge in [0.15, 0.2) is 0 Å². The molecule has 2 N–H and O–H groups in total. The first-order valence-corrected chi connectivity index (χ1v) is 13.8. The number of rotatable bonds is 4. The smallest absolute Gasteiger partial charge is 0.320 e. The maximum atomic E-state index is 12.8. The SMILES string of the molecule is CC12CCC3C4CC[C@](C)(O)CC4CCC3C1CCC2C(=O)CSS(=O)(=O)O. The van der Waals surface area contributed by atoms with Crippen LogP contribution in [-0.4, -0.2) is 35.2 Å². The van der Waals surface area contributed by atoms with Crippen LogP contribution in [0.1, 0.15) is 71.6 Å². The van der Waals surface area contributed by atoms with Crippen molar-refractivity contribution < 1.29 is 22.9 Å². The lowest BCUT2D eigenvalue weighted by Crippen LogP contribution is -2.51. The molecule has 0 radical (unpaired) electrons. The molecule has 4 saturated carbocycles. The van der Waals surface area contributed by atoms with Crippen molar-refractivity contribution in [3.8, 4) is 0 Å². The fraction of sp³-hybridized carbons (Fsp3) is 0.952. The summed E-state index contributed by atoms with van der Waals surface area (Å²) in [5.74, 6) is 3.13. The van der Waals surface area contributed by atoms with E-state index in [1.165, 1.54) is 12.8 Å². The normalized spacial score (nSPS) is 48.4. The summed E-state index contributed by atoms with van der Waals surface area (Å²) in [5, 5.41) is 10.5. The van der Waals surface area contributed by atoms with Crippen molar-refractivity contribution >= 4 is 25.7 Å². The molecule has 4 fully saturated rings. The van der Waals surface area contributed by atoms with E-state index < -0.39 is 14.8 Å². The van der Waals surface area contributed by atoms with Crippen LogP contribution in [0.2, 0.25) is 0 Å². The molecule has 0 amide bonds. The Bertz CT molecular complexity index is 733. The van der Waals surface area contributed by atoms with Gasteiger partial charge < -0.3 is 5.11 Å². The molecule has 0 saturated heterocycles. The van der Waals surface area contributed by atoms with Crippen molar-refractivity contribution in [2.75, 3.05) is 5.75 Å². The van der Waals surface area contributed by atoms with E-state index >= 15 is 0 Å². The van der Waals surface area contributed by atoms with E-state index in [-0.39, 0.29) is 22.9 Å². The minimum absolute atomic E-state index is 0.00604. The average molecular weight is 431 g/mol. The Hall–Kier alpha value is -0.110. The molecule has 7 heteroatoms. The largest absolute Gasteiger partial charge is 0.390 e. The predicted molar refractivity (Wildman–Crippen MR) is 110 cm³/mol. The van der Waals surface area contributed by atoms with Crippen molar-refractivity contribution in [1.29, 1.82) is 0 Å². The van der Waals surface area contributed by atoms with E-state index in [0.29, 0.717) is 28.5 Å². The summed E-state index contributed by atoms with van der Waals surface area (Å²) in [7, 11) is -3.81. The molecular weight excluding hydrogens is 396 g/mol. The van der Waals surface area contributed by atoms with Crippen molar-refractivity contribution in [2.45, 2.75) is 77.2 Å². The molecule has 28 heavy (non-hydrogen) atoms. The molecule has 0 aromatic heterocycles. The zero-order chi connectivity index (χ0) is 20.3. The van der Waals surface area contributed by atoms with Gasteiger partial charge in [0.05, 0.1) is 11.4 Å². The number of carbonyl (C=O) groups is 1. The van der Waals surface area contributed by atoms with E-state index in [9.17, 15) is 18.3 Å². The molecule has 4 aliphatic rings. The maximum Gasteiger partial charge on any atom is 0.320 e. The highest BCUT2D eigenvalue weighted by atomic mass is 33.1. The number of aliphatic hydroxyl groups is 1. The van der Waals surface area contributed by atoms with E-state index in [2.05, 4.69) is 6.92 Å². The number of fused-ring (bicyclic) bond motifs is 5. The topological polar surface area (TPSA) is 91.7 Å². The summed E-state index contributed by atoms with van der Waals surface area (Å²) in [6.07, 6.45) is 9.54. The third-order valence-electron chi connectivity index (χ3n) is 8.98. The van der Waals surface area contributed by atoms with Gasteiger partial charge in [-0.15, -0.1) is 0 Å². The summed E-state index contributed by atoms with van der Waals surface area (Å²) >= 11 is 0. The lowest BCUT2D eigenvalue weighted by Gasteiger charge is -2.56. The first kappa shape index (κ1) is 21.1. The Kier molecular flexibility index (Phi) is 5.47. The Labute approximate surface area is 172 Å². The van der Waals surface area contributed by atoms with Crippen molar-refractivity contribution in [1.82, 2.24) is 0 Å². The molecule has 4 rings (SSSR count). The third kappa shape index (κ3) is 3.81. The second kappa shape index (κ2) is 7.24. The van der Waals surface area contributed by atoms with Crippen LogP contribution in [0.15, 0.2) is 0 Å².